The van der Waals surface area contributed by atoms with Crippen LogP contribution in [0.2, 0.25) is 0 Å². The van der Waals surface area contributed by atoms with Crippen LogP contribution in [0, 0.1) is 5.92 Å². The summed E-state index contributed by atoms with van der Waals surface area (Å²) < 4.78 is 0. The summed E-state index contributed by atoms with van der Waals surface area (Å²) in [5.41, 5.74) is 0. The summed E-state index contributed by atoms with van der Waals surface area (Å²) in [6.07, 6.45) is 2.70. The van der Waals surface area contributed by atoms with E-state index >= 15 is 0 Å². The van der Waals surface area contributed by atoms with Crippen molar-refractivity contribution in [1.82, 2.24) is 15.2 Å². The first-order chi connectivity index (χ1) is 7.61. The van der Waals surface area contributed by atoms with E-state index < -0.39 is 0 Å². The van der Waals surface area contributed by atoms with Crippen LogP contribution in [0.1, 0.15) is 34.1 Å². The Balaban J connectivity index is 2.56. The molecule has 16 heavy (non-hydrogen) atoms. The zero-order valence-electron chi connectivity index (χ0n) is 10.5. The second kappa shape index (κ2) is 6.25. The van der Waals surface area contributed by atoms with Crippen LogP contribution in [0.4, 0.5) is 11.8 Å². The molecule has 1 aromatic rings. The van der Waals surface area contributed by atoms with Crippen LogP contribution in [0.15, 0.2) is 6.20 Å². The average molecular weight is 223 g/mol. The number of nitrogens with zero attached hydrogens (tertiary/aromatic N) is 3. The van der Waals surface area contributed by atoms with Crippen molar-refractivity contribution >= 4 is 11.8 Å². The monoisotopic (exact) mass is 223 g/mol. The Hall–Kier alpha value is -1.39. The zero-order valence-corrected chi connectivity index (χ0v) is 10.5. The Kier molecular flexibility index (Phi) is 4.95. The Morgan fingerprint density at radius 1 is 1.31 bits per heavy atom. The lowest BCUT2D eigenvalue weighted by Gasteiger charge is -2.12. The molecule has 1 unspecified atom stereocenters. The molecule has 1 heterocycles. The maximum atomic E-state index is 4.34. The third-order valence-corrected chi connectivity index (χ3v) is 2.23. The summed E-state index contributed by atoms with van der Waals surface area (Å²) >= 11 is 0. The summed E-state index contributed by atoms with van der Waals surface area (Å²) in [5.74, 6) is 1.92. The van der Waals surface area contributed by atoms with E-state index in [1.165, 1.54) is 0 Å². The van der Waals surface area contributed by atoms with Gasteiger partial charge in [-0.3, -0.25) is 0 Å². The molecule has 0 aliphatic rings. The number of nitrogens with one attached hydrogen (secondary N) is 2. The van der Waals surface area contributed by atoms with Gasteiger partial charge in [0.05, 0.1) is 6.20 Å². The molecule has 0 radical (unpaired) electrons. The van der Waals surface area contributed by atoms with Crippen molar-refractivity contribution in [3.8, 4) is 0 Å². The second-order valence-corrected chi connectivity index (χ2v) is 4.39. The molecule has 0 fully saturated rings. The molecule has 90 valence electrons. The molecule has 0 saturated carbocycles. The lowest BCUT2D eigenvalue weighted by molar-refractivity contribution is 0.682. The Bertz CT molecular complexity index is 313. The van der Waals surface area contributed by atoms with Gasteiger partial charge in [0.15, 0.2) is 5.82 Å². The predicted octanol–water partition coefficient (Wildman–Crippen LogP) is 2.15. The number of aromatic nitrogens is 3. The fourth-order valence-corrected chi connectivity index (χ4v) is 1.10. The van der Waals surface area contributed by atoms with Gasteiger partial charge in [0.25, 0.3) is 0 Å². The van der Waals surface area contributed by atoms with E-state index in [1.54, 1.807) is 6.20 Å². The Morgan fingerprint density at radius 2 is 2.06 bits per heavy atom. The predicted molar refractivity (Wildman–Crippen MR) is 66.5 cm³/mol. The largest absolute Gasteiger partial charge is 0.366 e. The molecular weight excluding hydrogens is 202 g/mol. The van der Waals surface area contributed by atoms with Gasteiger partial charge in [0.1, 0.15) is 0 Å². The van der Waals surface area contributed by atoms with Gasteiger partial charge in [-0.15, -0.1) is 5.10 Å². The number of hydrogen-bond donors (Lipinski definition) is 2. The van der Waals surface area contributed by atoms with Gasteiger partial charge < -0.3 is 10.6 Å². The van der Waals surface area contributed by atoms with Crippen molar-refractivity contribution in [2.45, 2.75) is 40.2 Å². The zero-order chi connectivity index (χ0) is 12.0. The van der Waals surface area contributed by atoms with Crippen LogP contribution < -0.4 is 10.6 Å². The lowest BCUT2D eigenvalue weighted by Crippen LogP contribution is -2.17. The minimum atomic E-state index is 0.398. The lowest BCUT2D eigenvalue weighted by atomic mass is 10.2. The fourth-order valence-electron chi connectivity index (χ4n) is 1.10. The van der Waals surface area contributed by atoms with Crippen LogP contribution in [0.5, 0.6) is 0 Å². The molecule has 0 spiro atoms. The van der Waals surface area contributed by atoms with Crippen LogP contribution >= 0.6 is 0 Å². The van der Waals surface area contributed by atoms with Crippen LogP contribution in [-0.4, -0.2) is 27.8 Å². The van der Waals surface area contributed by atoms with Crippen LogP contribution in [0.25, 0.3) is 0 Å². The van der Waals surface area contributed by atoms with Gasteiger partial charge in [0, 0.05) is 12.6 Å². The standard InChI is InChI=1S/C11H21N5/c1-5-9(4)14-10-7-13-16-11(15-10)12-6-8(2)3/h7-9H,5-6H2,1-4H3,(H2,12,14,15,16). The molecule has 0 saturated heterocycles. The maximum Gasteiger partial charge on any atom is 0.244 e. The van der Waals surface area contributed by atoms with Gasteiger partial charge in [-0.1, -0.05) is 20.8 Å². The van der Waals surface area contributed by atoms with E-state index in [1.807, 2.05) is 0 Å². The van der Waals surface area contributed by atoms with Crippen LogP contribution in [0.3, 0.4) is 0 Å². The highest BCUT2D eigenvalue weighted by molar-refractivity contribution is 5.37. The quantitative estimate of drug-likeness (QED) is 0.773. The molecule has 0 aliphatic carbocycles. The minimum Gasteiger partial charge on any atom is -0.366 e. The molecule has 1 atom stereocenters. The minimum absolute atomic E-state index is 0.398. The maximum absolute atomic E-state index is 4.34. The van der Waals surface area contributed by atoms with Crippen molar-refractivity contribution < 1.29 is 0 Å². The van der Waals surface area contributed by atoms with Gasteiger partial charge in [-0.05, 0) is 19.3 Å². The van der Waals surface area contributed by atoms with Crippen molar-refractivity contribution in [2.75, 3.05) is 17.2 Å². The summed E-state index contributed by atoms with van der Waals surface area (Å²) in [6, 6.07) is 0.398. The van der Waals surface area contributed by atoms with Gasteiger partial charge in [-0.25, -0.2) is 0 Å². The highest BCUT2D eigenvalue weighted by atomic mass is 15.3. The molecular formula is C11H21N5. The topological polar surface area (TPSA) is 62.7 Å². The fraction of sp³-hybridized carbons (Fsp3) is 0.727. The van der Waals surface area contributed by atoms with Gasteiger partial charge in [0.2, 0.25) is 5.95 Å². The third kappa shape index (κ3) is 4.42. The molecule has 0 amide bonds. The number of hydrogen-bond acceptors (Lipinski definition) is 5. The molecule has 1 aromatic heterocycles. The van der Waals surface area contributed by atoms with Gasteiger partial charge in [-0.2, -0.15) is 10.1 Å². The number of rotatable bonds is 6. The van der Waals surface area contributed by atoms with Crippen molar-refractivity contribution in [3.05, 3.63) is 6.20 Å². The van der Waals surface area contributed by atoms with Crippen molar-refractivity contribution in [1.29, 1.82) is 0 Å². The van der Waals surface area contributed by atoms with E-state index in [4.69, 9.17) is 0 Å². The first-order valence-electron chi connectivity index (χ1n) is 5.82. The summed E-state index contributed by atoms with van der Waals surface area (Å²) in [4.78, 5) is 4.34. The second-order valence-electron chi connectivity index (χ2n) is 4.39. The van der Waals surface area contributed by atoms with Crippen molar-refractivity contribution in [3.63, 3.8) is 0 Å². The highest BCUT2D eigenvalue weighted by Gasteiger charge is 2.03. The highest BCUT2D eigenvalue weighted by Crippen LogP contribution is 2.07. The van der Waals surface area contributed by atoms with Gasteiger partial charge >= 0.3 is 0 Å². The molecule has 5 heteroatoms. The Labute approximate surface area is 97.1 Å². The third-order valence-electron chi connectivity index (χ3n) is 2.23. The summed E-state index contributed by atoms with van der Waals surface area (Å²) in [5, 5.41) is 14.3. The molecule has 2 N–H and O–H groups in total. The number of anilines is 2. The van der Waals surface area contributed by atoms with E-state index in [0.717, 1.165) is 18.8 Å². The molecule has 5 nitrogen and oxygen atoms in total. The van der Waals surface area contributed by atoms with E-state index in [2.05, 4.69) is 53.5 Å². The van der Waals surface area contributed by atoms with E-state index in [0.29, 0.717) is 17.9 Å². The Morgan fingerprint density at radius 3 is 2.69 bits per heavy atom. The first-order valence-corrected chi connectivity index (χ1v) is 5.82. The van der Waals surface area contributed by atoms with E-state index in [-0.39, 0.29) is 0 Å². The first kappa shape index (κ1) is 12.7. The van der Waals surface area contributed by atoms with Crippen LogP contribution in [-0.2, 0) is 0 Å². The average Bonchev–Trinajstić information content (AvgIpc) is 2.26. The smallest absolute Gasteiger partial charge is 0.244 e. The summed E-state index contributed by atoms with van der Waals surface area (Å²) in [7, 11) is 0. The molecule has 1 rings (SSSR count). The van der Waals surface area contributed by atoms with E-state index in [9.17, 15) is 0 Å². The normalized spacial score (nSPS) is 12.6. The molecule has 0 aliphatic heterocycles. The van der Waals surface area contributed by atoms with Crippen molar-refractivity contribution in [2.24, 2.45) is 5.92 Å². The molecule has 0 aromatic carbocycles. The molecule has 0 bridgehead atoms. The summed E-state index contributed by atoms with van der Waals surface area (Å²) in [6.45, 7) is 9.38. The SMILES string of the molecule is CCC(C)Nc1cnnc(NCC(C)C)n1.